The van der Waals surface area contributed by atoms with Gasteiger partial charge in [0.2, 0.25) is 5.88 Å². The van der Waals surface area contributed by atoms with E-state index in [-0.39, 0.29) is 11.4 Å². The molecule has 0 radical (unpaired) electrons. The van der Waals surface area contributed by atoms with Crippen LogP contribution in [0, 0.1) is 10.1 Å². The highest BCUT2D eigenvalue weighted by atomic mass is 79.9. The Labute approximate surface area is 123 Å². The molecule has 0 amide bonds. The number of nitro benzene ring substituents is 1. The Bertz CT molecular complexity index is 616. The van der Waals surface area contributed by atoms with E-state index in [1.54, 1.807) is 18.3 Å². The van der Waals surface area contributed by atoms with Crippen LogP contribution in [0.2, 0.25) is 0 Å². The lowest BCUT2D eigenvalue weighted by molar-refractivity contribution is -0.385. The molecule has 104 valence electrons. The maximum Gasteiger partial charge on any atom is 0.314 e. The molecule has 0 atom stereocenters. The van der Waals surface area contributed by atoms with E-state index in [1.165, 1.54) is 19.2 Å². The molecular formula is C13H11BrN2O4. The predicted octanol–water partition coefficient (Wildman–Crippen LogP) is 3.69. The molecule has 0 saturated heterocycles. The number of aromatic nitrogens is 1. The Morgan fingerprint density at radius 2 is 2.15 bits per heavy atom. The summed E-state index contributed by atoms with van der Waals surface area (Å²) in [5, 5.41) is 11.6. The number of methoxy groups -OCH3 is 1. The number of halogens is 1. The van der Waals surface area contributed by atoms with Gasteiger partial charge in [0, 0.05) is 17.6 Å². The van der Waals surface area contributed by atoms with E-state index in [2.05, 4.69) is 20.9 Å². The quantitative estimate of drug-likeness (QED) is 0.472. The first-order valence-corrected chi connectivity index (χ1v) is 6.77. The van der Waals surface area contributed by atoms with Gasteiger partial charge in [-0.3, -0.25) is 10.1 Å². The van der Waals surface area contributed by atoms with Crippen LogP contribution in [0.1, 0.15) is 5.56 Å². The number of pyridine rings is 1. The van der Waals surface area contributed by atoms with Gasteiger partial charge in [0.05, 0.1) is 18.1 Å². The van der Waals surface area contributed by atoms with Gasteiger partial charge in [0.15, 0.2) is 5.75 Å². The summed E-state index contributed by atoms with van der Waals surface area (Å²) >= 11 is 3.32. The highest BCUT2D eigenvalue weighted by Crippen LogP contribution is 2.32. The van der Waals surface area contributed by atoms with Gasteiger partial charge in [-0.25, -0.2) is 4.98 Å². The number of rotatable bonds is 5. The molecule has 0 spiro atoms. The van der Waals surface area contributed by atoms with Crippen molar-refractivity contribution in [2.75, 3.05) is 7.11 Å². The van der Waals surface area contributed by atoms with Gasteiger partial charge in [-0.05, 0) is 17.7 Å². The largest absolute Gasteiger partial charge is 0.490 e. The van der Waals surface area contributed by atoms with E-state index >= 15 is 0 Å². The molecule has 0 aliphatic rings. The molecule has 20 heavy (non-hydrogen) atoms. The van der Waals surface area contributed by atoms with Crippen LogP contribution >= 0.6 is 15.9 Å². The summed E-state index contributed by atoms with van der Waals surface area (Å²) in [7, 11) is 1.38. The summed E-state index contributed by atoms with van der Waals surface area (Å²) in [5.74, 6) is 0.885. The average Bonchev–Trinajstić information content (AvgIpc) is 2.48. The molecule has 0 saturated carbocycles. The second-order valence-corrected chi connectivity index (χ2v) is 4.39. The van der Waals surface area contributed by atoms with Crippen molar-refractivity contribution in [2.45, 2.75) is 5.33 Å². The summed E-state index contributed by atoms with van der Waals surface area (Å²) in [5.41, 5.74) is 0.861. The Morgan fingerprint density at radius 3 is 2.70 bits per heavy atom. The molecule has 2 rings (SSSR count). The Kier molecular flexibility index (Phi) is 4.52. The molecule has 6 nitrogen and oxygen atoms in total. The number of nitrogens with zero attached hydrogens (tertiary/aromatic N) is 2. The van der Waals surface area contributed by atoms with Crippen molar-refractivity contribution < 1.29 is 14.4 Å². The van der Waals surface area contributed by atoms with Crippen LogP contribution in [0.15, 0.2) is 36.5 Å². The minimum absolute atomic E-state index is 0.151. The number of hydrogen-bond donors (Lipinski definition) is 0. The molecule has 1 aromatic carbocycles. The zero-order valence-electron chi connectivity index (χ0n) is 10.6. The third-order valence-corrected chi connectivity index (χ3v) is 3.17. The van der Waals surface area contributed by atoms with Crippen LogP contribution in [0.5, 0.6) is 17.4 Å². The Morgan fingerprint density at radius 1 is 1.35 bits per heavy atom. The molecular weight excluding hydrogens is 328 g/mol. The van der Waals surface area contributed by atoms with E-state index in [4.69, 9.17) is 9.47 Å². The van der Waals surface area contributed by atoms with Crippen molar-refractivity contribution in [1.82, 2.24) is 4.98 Å². The topological polar surface area (TPSA) is 74.5 Å². The molecule has 0 fully saturated rings. The predicted molar refractivity (Wildman–Crippen MR) is 76.6 cm³/mol. The zero-order chi connectivity index (χ0) is 14.5. The average molecular weight is 339 g/mol. The number of nitro groups is 1. The van der Waals surface area contributed by atoms with E-state index in [9.17, 15) is 10.1 Å². The molecule has 2 aromatic rings. The minimum Gasteiger partial charge on any atom is -0.490 e. The highest BCUT2D eigenvalue weighted by molar-refractivity contribution is 9.08. The molecule has 0 bridgehead atoms. The monoisotopic (exact) mass is 338 g/mol. The van der Waals surface area contributed by atoms with Gasteiger partial charge < -0.3 is 9.47 Å². The van der Waals surface area contributed by atoms with Crippen molar-refractivity contribution in [2.24, 2.45) is 0 Å². The van der Waals surface area contributed by atoms with Crippen molar-refractivity contribution in [3.8, 4) is 17.4 Å². The first-order valence-electron chi connectivity index (χ1n) is 5.65. The van der Waals surface area contributed by atoms with Gasteiger partial charge in [-0.1, -0.05) is 22.0 Å². The molecule has 0 N–H and O–H groups in total. The third kappa shape index (κ3) is 3.24. The van der Waals surface area contributed by atoms with E-state index in [0.717, 1.165) is 5.56 Å². The smallest absolute Gasteiger partial charge is 0.314 e. The summed E-state index contributed by atoms with van der Waals surface area (Å²) in [6.07, 6.45) is 1.67. The summed E-state index contributed by atoms with van der Waals surface area (Å²) < 4.78 is 10.4. The van der Waals surface area contributed by atoms with Gasteiger partial charge >= 0.3 is 5.69 Å². The lowest BCUT2D eigenvalue weighted by Crippen LogP contribution is -1.95. The van der Waals surface area contributed by atoms with Crippen LogP contribution in [-0.2, 0) is 5.33 Å². The maximum atomic E-state index is 10.9. The van der Waals surface area contributed by atoms with Crippen LogP contribution in [0.3, 0.4) is 0 Å². The molecule has 1 aromatic heterocycles. The van der Waals surface area contributed by atoms with Gasteiger partial charge in [-0.2, -0.15) is 0 Å². The Balaban J connectivity index is 2.24. The van der Waals surface area contributed by atoms with Crippen molar-refractivity contribution >= 4 is 21.6 Å². The first kappa shape index (κ1) is 14.3. The normalized spacial score (nSPS) is 10.1. The maximum absolute atomic E-state index is 10.9. The van der Waals surface area contributed by atoms with Crippen molar-refractivity contribution in [1.29, 1.82) is 0 Å². The van der Waals surface area contributed by atoms with Crippen LogP contribution in [-0.4, -0.2) is 17.0 Å². The third-order valence-electron chi connectivity index (χ3n) is 2.52. The number of benzene rings is 1. The minimum atomic E-state index is -0.521. The van der Waals surface area contributed by atoms with Gasteiger partial charge in [0.25, 0.3) is 0 Å². The fourth-order valence-corrected chi connectivity index (χ4v) is 1.88. The first-order chi connectivity index (χ1) is 9.63. The Hall–Kier alpha value is -2.15. The summed E-state index contributed by atoms with van der Waals surface area (Å²) in [4.78, 5) is 14.5. The van der Waals surface area contributed by atoms with Gasteiger partial charge in [0.1, 0.15) is 5.75 Å². The lowest BCUT2D eigenvalue weighted by Gasteiger charge is -2.07. The molecule has 7 heteroatoms. The highest BCUT2D eigenvalue weighted by Gasteiger charge is 2.16. The van der Waals surface area contributed by atoms with E-state index < -0.39 is 4.92 Å². The lowest BCUT2D eigenvalue weighted by atomic mass is 10.3. The summed E-state index contributed by atoms with van der Waals surface area (Å²) in [6.45, 7) is 0. The second kappa shape index (κ2) is 6.33. The molecule has 0 aliphatic heterocycles. The van der Waals surface area contributed by atoms with Crippen LogP contribution < -0.4 is 9.47 Å². The fourth-order valence-electron chi connectivity index (χ4n) is 1.55. The van der Waals surface area contributed by atoms with E-state index in [1.807, 2.05) is 6.07 Å². The fraction of sp³-hybridized carbons (Fsp3) is 0.154. The second-order valence-electron chi connectivity index (χ2n) is 3.83. The van der Waals surface area contributed by atoms with E-state index in [0.29, 0.717) is 17.0 Å². The van der Waals surface area contributed by atoms with Crippen molar-refractivity contribution in [3.05, 3.63) is 52.2 Å². The molecule has 0 unspecified atom stereocenters. The molecule has 1 heterocycles. The number of ether oxygens (including phenoxy) is 2. The zero-order valence-corrected chi connectivity index (χ0v) is 12.2. The van der Waals surface area contributed by atoms with Crippen LogP contribution in [0.25, 0.3) is 0 Å². The molecule has 0 aliphatic carbocycles. The number of alkyl halides is 1. The SMILES string of the molecule is COc1ccc(Oc2ccc(CBr)cn2)cc1[N+](=O)[O-]. The summed E-state index contributed by atoms with van der Waals surface area (Å²) in [6, 6.07) is 7.94. The van der Waals surface area contributed by atoms with Crippen LogP contribution in [0.4, 0.5) is 5.69 Å². The van der Waals surface area contributed by atoms with Crippen molar-refractivity contribution in [3.63, 3.8) is 0 Å². The standard InChI is InChI=1S/C13H11BrN2O4/c1-19-12-4-3-10(6-11(12)16(17)18)20-13-5-2-9(7-14)8-15-13/h2-6,8H,7H2,1H3. The number of hydrogen-bond acceptors (Lipinski definition) is 5. The van der Waals surface area contributed by atoms with Gasteiger partial charge in [-0.15, -0.1) is 0 Å².